The van der Waals surface area contributed by atoms with E-state index in [1.807, 2.05) is 4.90 Å². The van der Waals surface area contributed by atoms with E-state index in [-0.39, 0.29) is 17.5 Å². The summed E-state index contributed by atoms with van der Waals surface area (Å²) in [5, 5.41) is 7.32. The second-order valence-electron chi connectivity index (χ2n) is 8.63. The summed E-state index contributed by atoms with van der Waals surface area (Å²) in [4.78, 5) is 15.2. The summed E-state index contributed by atoms with van der Waals surface area (Å²) >= 11 is 0. The fourth-order valence-corrected chi connectivity index (χ4v) is 4.53. The Morgan fingerprint density at radius 3 is 1.67 bits per heavy atom. The minimum Gasteiger partial charge on any atom is -0.333 e. The van der Waals surface area contributed by atoms with Gasteiger partial charge in [-0.3, -0.25) is 4.79 Å². The van der Waals surface area contributed by atoms with Crippen LogP contribution in [0.5, 0.6) is 0 Å². The Labute approximate surface area is 176 Å². The van der Waals surface area contributed by atoms with E-state index >= 15 is 0 Å². The van der Waals surface area contributed by atoms with E-state index < -0.39 is 11.7 Å². The van der Waals surface area contributed by atoms with Crippen molar-refractivity contribution in [3.8, 4) is 6.07 Å². The number of rotatable bonds is 5. The van der Waals surface area contributed by atoms with Gasteiger partial charge in [-0.05, 0) is 80.9 Å². The third kappa shape index (κ3) is 5.44. The lowest BCUT2D eigenvalue weighted by Crippen LogP contribution is -2.44. The maximum Gasteiger partial charge on any atom is 0.416 e. The van der Waals surface area contributed by atoms with Crippen molar-refractivity contribution in [1.82, 2.24) is 4.90 Å². The quantitative estimate of drug-likeness (QED) is 0.558. The second kappa shape index (κ2) is 9.24. The first-order valence-electron chi connectivity index (χ1n) is 10.8. The maximum absolute atomic E-state index is 13.1. The molecule has 3 aliphatic rings. The van der Waals surface area contributed by atoms with Crippen LogP contribution in [-0.2, 0) is 0 Å². The molecule has 0 N–H and O–H groups in total. The van der Waals surface area contributed by atoms with Crippen LogP contribution in [0.4, 0.5) is 13.2 Å². The van der Waals surface area contributed by atoms with E-state index in [0.717, 1.165) is 37.5 Å². The highest BCUT2D eigenvalue weighted by Crippen LogP contribution is 2.45. The summed E-state index contributed by atoms with van der Waals surface area (Å²) in [6.07, 6.45) is 4.90. The van der Waals surface area contributed by atoms with Gasteiger partial charge in [0.05, 0.1) is 11.6 Å². The number of nitrogens with zero attached hydrogens (tertiary/aromatic N) is 2. The minimum absolute atomic E-state index is 0.0157. The van der Waals surface area contributed by atoms with Gasteiger partial charge in [0.1, 0.15) is 0 Å². The molecular weight excluding hydrogens is 389 g/mol. The molecule has 0 heterocycles. The predicted octanol–water partition coefficient (Wildman–Crippen LogP) is 6.37. The Morgan fingerprint density at radius 1 is 0.933 bits per heavy atom. The first-order chi connectivity index (χ1) is 14.3. The monoisotopic (exact) mass is 418 g/mol. The summed E-state index contributed by atoms with van der Waals surface area (Å²) in [7, 11) is 0. The van der Waals surface area contributed by atoms with Gasteiger partial charge in [-0.2, -0.15) is 18.4 Å². The van der Waals surface area contributed by atoms with Crippen molar-refractivity contribution in [2.75, 3.05) is 0 Å². The average molecular weight is 419 g/mol. The fourth-order valence-electron chi connectivity index (χ4n) is 4.53. The molecular formula is C24H29F3N2O. The molecule has 0 atom stereocenters. The molecule has 0 unspecified atom stereocenters. The lowest BCUT2D eigenvalue weighted by atomic mass is 9.82. The van der Waals surface area contributed by atoms with E-state index in [1.165, 1.54) is 56.9 Å². The van der Waals surface area contributed by atoms with Crippen LogP contribution < -0.4 is 0 Å². The zero-order valence-electron chi connectivity index (χ0n) is 17.4. The highest BCUT2D eigenvalue weighted by atomic mass is 19.4. The van der Waals surface area contributed by atoms with Crippen LogP contribution in [0.1, 0.15) is 74.2 Å². The van der Waals surface area contributed by atoms with Gasteiger partial charge in [0.25, 0.3) is 5.91 Å². The van der Waals surface area contributed by atoms with Crippen LogP contribution in [0.3, 0.4) is 0 Å². The van der Waals surface area contributed by atoms with Crippen LogP contribution in [0.15, 0.2) is 30.8 Å². The van der Waals surface area contributed by atoms with E-state index in [9.17, 15) is 18.0 Å². The average Bonchev–Trinajstić information content (AvgIpc) is 3.62. The number of carbonyl (C=O) groups excluding carboxylic acids is 1. The predicted molar refractivity (Wildman–Crippen MR) is 110 cm³/mol. The molecule has 1 aromatic rings. The SMILES string of the molecule is C=C(c1ccc(C(=O)N(C2CCC(C3CC3)CC2)C2CC2)cc1)C(F)(F)F.CC#N. The van der Waals surface area contributed by atoms with E-state index in [1.54, 1.807) is 6.07 Å². The Kier molecular flexibility index (Phi) is 6.90. The smallest absolute Gasteiger partial charge is 0.333 e. The largest absolute Gasteiger partial charge is 0.416 e. The normalized spacial score (nSPS) is 23.6. The fraction of sp³-hybridized carbons (Fsp3) is 0.583. The molecule has 162 valence electrons. The first kappa shape index (κ1) is 22.4. The van der Waals surface area contributed by atoms with Gasteiger partial charge in [-0.1, -0.05) is 18.7 Å². The van der Waals surface area contributed by atoms with Crippen molar-refractivity contribution in [3.63, 3.8) is 0 Å². The third-order valence-corrected chi connectivity index (χ3v) is 6.42. The molecule has 0 spiro atoms. The number of carbonyl (C=O) groups is 1. The Balaban J connectivity index is 0.000000806. The van der Waals surface area contributed by atoms with Crippen LogP contribution in [0.2, 0.25) is 0 Å². The van der Waals surface area contributed by atoms with E-state index in [2.05, 4.69) is 6.58 Å². The molecule has 3 saturated carbocycles. The van der Waals surface area contributed by atoms with Crippen molar-refractivity contribution in [1.29, 1.82) is 5.26 Å². The number of nitriles is 1. The molecule has 30 heavy (non-hydrogen) atoms. The van der Waals surface area contributed by atoms with Crippen molar-refractivity contribution in [2.45, 2.75) is 76.6 Å². The number of halogens is 3. The summed E-state index contributed by atoms with van der Waals surface area (Å²) in [5.41, 5.74) is -0.383. The van der Waals surface area contributed by atoms with Crippen molar-refractivity contribution >= 4 is 11.5 Å². The number of amides is 1. The number of hydrogen-bond acceptors (Lipinski definition) is 2. The number of benzene rings is 1. The zero-order valence-corrected chi connectivity index (χ0v) is 17.4. The van der Waals surface area contributed by atoms with Crippen LogP contribution in [0.25, 0.3) is 5.57 Å². The molecule has 3 fully saturated rings. The summed E-state index contributed by atoms with van der Waals surface area (Å²) in [5.74, 6) is 1.73. The highest BCUT2D eigenvalue weighted by molar-refractivity contribution is 5.95. The zero-order chi connectivity index (χ0) is 21.9. The van der Waals surface area contributed by atoms with E-state index in [4.69, 9.17) is 5.26 Å². The van der Waals surface area contributed by atoms with Gasteiger partial charge in [-0.15, -0.1) is 0 Å². The molecule has 1 aromatic carbocycles. The highest BCUT2D eigenvalue weighted by Gasteiger charge is 2.41. The second-order valence-corrected chi connectivity index (χ2v) is 8.63. The standard InChI is InChI=1S/C22H26F3NO.C2H3N/c1-14(22(23,24)25)15-2-6-18(7-3-15)21(27)26(20-12-13-20)19-10-8-17(9-11-19)16-4-5-16;1-2-3/h2-3,6-7,16-17,19-20H,1,4-5,8-13H2;1H3. The molecule has 0 saturated heterocycles. The van der Waals surface area contributed by atoms with Crippen LogP contribution in [0, 0.1) is 23.2 Å². The molecule has 0 aromatic heterocycles. The summed E-state index contributed by atoms with van der Waals surface area (Å²) in [6, 6.07) is 8.09. The van der Waals surface area contributed by atoms with Crippen molar-refractivity contribution in [2.24, 2.45) is 11.8 Å². The molecule has 6 heteroatoms. The van der Waals surface area contributed by atoms with Crippen LogP contribution >= 0.6 is 0 Å². The maximum atomic E-state index is 13.1. The lowest BCUT2D eigenvalue weighted by molar-refractivity contribution is -0.0686. The minimum atomic E-state index is -4.45. The Morgan fingerprint density at radius 2 is 1.30 bits per heavy atom. The first-order valence-corrected chi connectivity index (χ1v) is 10.8. The summed E-state index contributed by atoms with van der Waals surface area (Å²) in [6.45, 7) is 4.55. The van der Waals surface area contributed by atoms with Gasteiger partial charge >= 0.3 is 6.18 Å². The molecule has 0 aliphatic heterocycles. The molecule has 3 aliphatic carbocycles. The third-order valence-electron chi connectivity index (χ3n) is 6.42. The topological polar surface area (TPSA) is 44.1 Å². The van der Waals surface area contributed by atoms with E-state index in [0.29, 0.717) is 11.6 Å². The van der Waals surface area contributed by atoms with Gasteiger partial charge in [0.15, 0.2) is 0 Å². The molecule has 4 rings (SSSR count). The summed E-state index contributed by atoms with van der Waals surface area (Å²) < 4.78 is 38.4. The van der Waals surface area contributed by atoms with Crippen molar-refractivity contribution in [3.05, 3.63) is 42.0 Å². The number of allylic oxidation sites excluding steroid dienone is 1. The van der Waals surface area contributed by atoms with Gasteiger partial charge in [-0.25, -0.2) is 0 Å². The molecule has 3 nitrogen and oxygen atoms in total. The Hall–Kier alpha value is -2.29. The van der Waals surface area contributed by atoms with Crippen molar-refractivity contribution < 1.29 is 18.0 Å². The molecule has 0 radical (unpaired) electrons. The molecule has 1 amide bonds. The van der Waals surface area contributed by atoms with Gasteiger partial charge < -0.3 is 4.90 Å². The van der Waals surface area contributed by atoms with Gasteiger partial charge in [0.2, 0.25) is 0 Å². The van der Waals surface area contributed by atoms with Gasteiger partial charge in [0, 0.05) is 24.6 Å². The Bertz CT molecular complexity index is 793. The number of alkyl halides is 3. The lowest BCUT2D eigenvalue weighted by Gasteiger charge is -2.37. The number of hydrogen-bond donors (Lipinski definition) is 0. The van der Waals surface area contributed by atoms with Crippen LogP contribution in [-0.4, -0.2) is 29.1 Å². The molecule has 0 bridgehead atoms.